The van der Waals surface area contributed by atoms with E-state index >= 15 is 0 Å². The molecule has 0 heteroatoms. The number of hydrogen-bond acceptors (Lipinski definition) is 0. The molecule has 43 heavy (non-hydrogen) atoms. The smallest absolute Gasteiger partial charge is 0.0165 e. The average Bonchev–Trinajstić information content (AvgIpc) is 3.30. The summed E-state index contributed by atoms with van der Waals surface area (Å²) in [5.41, 5.74) is 10.7. The molecule has 0 aromatic heterocycles. The second kappa shape index (κ2) is 8.90. The highest BCUT2D eigenvalue weighted by atomic mass is 14.4. The van der Waals surface area contributed by atoms with Crippen LogP contribution in [0.4, 0.5) is 0 Å². The van der Waals surface area contributed by atoms with E-state index in [0.29, 0.717) is 0 Å². The topological polar surface area (TPSA) is 0 Å². The van der Waals surface area contributed by atoms with E-state index in [1.165, 1.54) is 87.6 Å². The number of rotatable bonds is 2. The zero-order valence-corrected chi connectivity index (χ0v) is 24.4. The lowest BCUT2D eigenvalue weighted by Crippen LogP contribution is -2.15. The molecular formula is C43H30. The molecular weight excluding hydrogens is 516 g/mol. The fraction of sp³-hybridized carbons (Fsp3) is 0.0698. The van der Waals surface area contributed by atoms with Crippen LogP contribution < -0.4 is 0 Å². The van der Waals surface area contributed by atoms with Crippen LogP contribution in [0.3, 0.4) is 0 Å². The molecule has 1 aliphatic carbocycles. The first-order chi connectivity index (χ1) is 21.1. The van der Waals surface area contributed by atoms with E-state index in [1.807, 2.05) is 0 Å². The molecule has 1 aliphatic rings. The first-order valence-electron chi connectivity index (χ1n) is 15.2. The largest absolute Gasteiger partial charge is 0.0622 e. The van der Waals surface area contributed by atoms with Crippen LogP contribution in [0.1, 0.15) is 25.0 Å². The van der Waals surface area contributed by atoms with Crippen LogP contribution in [-0.2, 0) is 5.41 Å². The van der Waals surface area contributed by atoms with Crippen molar-refractivity contribution in [2.45, 2.75) is 19.3 Å². The summed E-state index contributed by atoms with van der Waals surface area (Å²) in [6, 6.07) is 54.1. The minimum Gasteiger partial charge on any atom is -0.0622 e. The molecule has 0 fully saturated rings. The molecule has 9 rings (SSSR count). The molecule has 0 saturated carbocycles. The lowest BCUT2D eigenvalue weighted by atomic mass is 9.79. The van der Waals surface area contributed by atoms with Gasteiger partial charge in [0.1, 0.15) is 0 Å². The van der Waals surface area contributed by atoms with Crippen LogP contribution in [0.5, 0.6) is 0 Å². The third kappa shape index (κ3) is 3.38. The maximum absolute atomic E-state index is 2.43. The van der Waals surface area contributed by atoms with Crippen LogP contribution in [0, 0.1) is 0 Å². The van der Waals surface area contributed by atoms with Crippen LogP contribution in [0.25, 0.3) is 76.5 Å². The quantitative estimate of drug-likeness (QED) is 0.149. The van der Waals surface area contributed by atoms with Gasteiger partial charge in [-0.3, -0.25) is 0 Å². The third-order valence-electron chi connectivity index (χ3n) is 9.80. The van der Waals surface area contributed by atoms with E-state index in [1.54, 1.807) is 0 Å². The van der Waals surface area contributed by atoms with Crippen molar-refractivity contribution in [3.63, 3.8) is 0 Å². The summed E-state index contributed by atoms with van der Waals surface area (Å²) in [5, 5.41) is 10.4. The van der Waals surface area contributed by atoms with Gasteiger partial charge in [0.2, 0.25) is 0 Å². The summed E-state index contributed by atoms with van der Waals surface area (Å²) in [5.74, 6) is 0. The van der Waals surface area contributed by atoms with Crippen molar-refractivity contribution in [3.8, 4) is 33.4 Å². The molecule has 0 heterocycles. The highest BCUT2D eigenvalue weighted by Gasteiger charge is 2.36. The van der Waals surface area contributed by atoms with E-state index < -0.39 is 0 Å². The van der Waals surface area contributed by atoms with Crippen molar-refractivity contribution in [3.05, 3.63) is 157 Å². The minimum absolute atomic E-state index is 0.0418. The molecule has 0 bridgehead atoms. The third-order valence-corrected chi connectivity index (χ3v) is 9.80. The van der Waals surface area contributed by atoms with Gasteiger partial charge in [0.05, 0.1) is 0 Å². The summed E-state index contributed by atoms with van der Waals surface area (Å²) < 4.78 is 0. The van der Waals surface area contributed by atoms with E-state index in [4.69, 9.17) is 0 Å². The Hall–Kier alpha value is -5.20. The first-order valence-corrected chi connectivity index (χ1v) is 15.2. The summed E-state index contributed by atoms with van der Waals surface area (Å²) in [6.07, 6.45) is 0. The molecule has 0 spiro atoms. The van der Waals surface area contributed by atoms with Gasteiger partial charge in [-0.25, -0.2) is 0 Å². The molecule has 0 N–H and O–H groups in total. The van der Waals surface area contributed by atoms with Crippen molar-refractivity contribution in [1.82, 2.24) is 0 Å². The van der Waals surface area contributed by atoms with E-state index in [-0.39, 0.29) is 5.41 Å². The maximum Gasteiger partial charge on any atom is 0.0165 e. The monoisotopic (exact) mass is 546 g/mol. The van der Waals surface area contributed by atoms with Crippen LogP contribution in [-0.4, -0.2) is 0 Å². The van der Waals surface area contributed by atoms with Crippen molar-refractivity contribution >= 4 is 43.1 Å². The molecule has 0 saturated heterocycles. The molecule has 0 unspecified atom stereocenters. The summed E-state index contributed by atoms with van der Waals surface area (Å²) in [7, 11) is 0. The Labute approximate surface area is 251 Å². The second-order valence-corrected chi connectivity index (χ2v) is 12.5. The predicted octanol–water partition coefficient (Wildman–Crippen LogP) is 11.9. The van der Waals surface area contributed by atoms with Crippen molar-refractivity contribution in [2.24, 2.45) is 0 Å². The number of hydrogen-bond donors (Lipinski definition) is 0. The fourth-order valence-electron chi connectivity index (χ4n) is 7.94. The van der Waals surface area contributed by atoms with Crippen molar-refractivity contribution in [1.29, 1.82) is 0 Å². The summed E-state index contributed by atoms with van der Waals surface area (Å²) >= 11 is 0. The van der Waals surface area contributed by atoms with Crippen LogP contribution in [0.2, 0.25) is 0 Å². The maximum atomic E-state index is 2.43. The Morgan fingerprint density at radius 2 is 1.05 bits per heavy atom. The van der Waals surface area contributed by atoms with Crippen LogP contribution >= 0.6 is 0 Å². The molecule has 8 aromatic carbocycles. The molecule has 0 radical (unpaired) electrons. The van der Waals surface area contributed by atoms with Crippen LogP contribution in [0.15, 0.2) is 146 Å². The molecule has 202 valence electrons. The van der Waals surface area contributed by atoms with E-state index in [2.05, 4.69) is 159 Å². The average molecular weight is 547 g/mol. The van der Waals surface area contributed by atoms with E-state index in [0.717, 1.165) is 0 Å². The van der Waals surface area contributed by atoms with Gasteiger partial charge in [-0.05, 0) is 93.7 Å². The van der Waals surface area contributed by atoms with Gasteiger partial charge < -0.3 is 0 Å². The standard InChI is InChI=1S/C43H30/c1-43(2)38-19-11-10-16-33(38)36-24-21-29-26-30(22-23-32(29)42(36)43)40-35-18-9-8-17-34(35)39(28-13-4-3-5-14-28)37-25-20-27-12-6-7-15-31(27)41(37)40/h3-26H,1-2H3. The molecule has 0 atom stereocenters. The Kier molecular flexibility index (Phi) is 5.05. The second-order valence-electron chi connectivity index (χ2n) is 12.5. The van der Waals surface area contributed by atoms with Gasteiger partial charge in [0, 0.05) is 5.41 Å². The first kappa shape index (κ1) is 24.4. The highest BCUT2D eigenvalue weighted by Crippen LogP contribution is 2.52. The molecule has 8 aromatic rings. The summed E-state index contributed by atoms with van der Waals surface area (Å²) in [4.78, 5) is 0. The van der Waals surface area contributed by atoms with Gasteiger partial charge >= 0.3 is 0 Å². The number of benzene rings is 8. The SMILES string of the molecule is CC1(C)c2ccccc2-c2ccc3cc(-c4c5ccccc5c(-c5ccccc5)c5ccc6ccccc6c45)ccc3c21. The summed E-state index contributed by atoms with van der Waals surface area (Å²) in [6.45, 7) is 4.75. The normalized spacial score (nSPS) is 13.5. The molecule has 0 nitrogen and oxygen atoms in total. The van der Waals surface area contributed by atoms with Gasteiger partial charge in [0.25, 0.3) is 0 Å². The fourth-order valence-corrected chi connectivity index (χ4v) is 7.94. The molecule has 0 amide bonds. The van der Waals surface area contributed by atoms with E-state index in [9.17, 15) is 0 Å². The van der Waals surface area contributed by atoms with Crippen molar-refractivity contribution < 1.29 is 0 Å². The molecule has 0 aliphatic heterocycles. The highest BCUT2D eigenvalue weighted by molar-refractivity contribution is 6.28. The van der Waals surface area contributed by atoms with Gasteiger partial charge in [0.15, 0.2) is 0 Å². The Balaban J connectivity index is 1.40. The lowest BCUT2D eigenvalue weighted by Gasteiger charge is -2.23. The van der Waals surface area contributed by atoms with Gasteiger partial charge in [-0.2, -0.15) is 0 Å². The minimum atomic E-state index is -0.0418. The number of fused-ring (bicyclic) bond motifs is 9. The van der Waals surface area contributed by atoms with Gasteiger partial charge in [-0.1, -0.05) is 153 Å². The Morgan fingerprint density at radius 1 is 0.395 bits per heavy atom. The Morgan fingerprint density at radius 3 is 1.88 bits per heavy atom. The predicted molar refractivity (Wildman–Crippen MR) is 185 cm³/mol. The zero-order chi connectivity index (χ0) is 28.7. The Bertz CT molecular complexity index is 2410. The lowest BCUT2D eigenvalue weighted by molar-refractivity contribution is 0.666. The van der Waals surface area contributed by atoms with Crippen molar-refractivity contribution in [2.75, 3.05) is 0 Å². The van der Waals surface area contributed by atoms with Gasteiger partial charge in [-0.15, -0.1) is 0 Å². The zero-order valence-electron chi connectivity index (χ0n) is 24.4.